The zero-order valence-corrected chi connectivity index (χ0v) is 12.0. The van der Waals surface area contributed by atoms with Crippen LogP contribution in [0.3, 0.4) is 0 Å². The minimum absolute atomic E-state index is 0.148. The lowest BCUT2D eigenvalue weighted by molar-refractivity contribution is 0.0681. The van der Waals surface area contributed by atoms with E-state index in [9.17, 15) is 13.6 Å². The SMILES string of the molecule is O=C(O)c1cnc(CSc2ccc(Cl)cc2)nc1C(F)F. The number of nitrogens with zero attached hydrogens (tertiary/aromatic N) is 2. The Kier molecular flexibility index (Phi) is 5.08. The van der Waals surface area contributed by atoms with E-state index in [4.69, 9.17) is 16.7 Å². The van der Waals surface area contributed by atoms with Crippen molar-refractivity contribution in [2.75, 3.05) is 0 Å². The highest BCUT2D eigenvalue weighted by Crippen LogP contribution is 2.25. The fraction of sp³-hybridized carbons (Fsp3) is 0.154. The van der Waals surface area contributed by atoms with E-state index in [0.29, 0.717) is 5.02 Å². The molecular weight excluding hydrogens is 322 g/mol. The fourth-order valence-electron chi connectivity index (χ4n) is 1.51. The van der Waals surface area contributed by atoms with Crippen molar-refractivity contribution in [1.82, 2.24) is 9.97 Å². The summed E-state index contributed by atoms with van der Waals surface area (Å²) in [6.07, 6.45) is -2.05. The summed E-state index contributed by atoms with van der Waals surface area (Å²) in [5.41, 5.74) is -1.34. The third kappa shape index (κ3) is 4.12. The van der Waals surface area contributed by atoms with Crippen LogP contribution in [0.5, 0.6) is 0 Å². The van der Waals surface area contributed by atoms with Crippen LogP contribution < -0.4 is 0 Å². The van der Waals surface area contributed by atoms with Crippen molar-refractivity contribution in [3.8, 4) is 0 Å². The van der Waals surface area contributed by atoms with Crippen LogP contribution >= 0.6 is 23.4 Å². The molecule has 2 rings (SSSR count). The van der Waals surface area contributed by atoms with E-state index in [1.165, 1.54) is 11.8 Å². The second-order valence-corrected chi connectivity index (χ2v) is 5.42. The predicted octanol–water partition coefficient (Wildman–Crippen LogP) is 4.06. The van der Waals surface area contributed by atoms with Gasteiger partial charge in [-0.25, -0.2) is 23.5 Å². The van der Waals surface area contributed by atoms with Gasteiger partial charge < -0.3 is 5.11 Å². The first-order valence-corrected chi connectivity index (χ1v) is 7.09. The van der Waals surface area contributed by atoms with Crippen LogP contribution in [0.4, 0.5) is 8.78 Å². The third-order valence-corrected chi connectivity index (χ3v) is 3.75. The normalized spacial score (nSPS) is 10.9. The van der Waals surface area contributed by atoms with Gasteiger partial charge in [0.1, 0.15) is 17.1 Å². The lowest BCUT2D eigenvalue weighted by Crippen LogP contribution is -2.09. The average molecular weight is 331 g/mol. The molecule has 110 valence electrons. The first-order valence-electron chi connectivity index (χ1n) is 5.73. The number of hydrogen-bond acceptors (Lipinski definition) is 4. The van der Waals surface area contributed by atoms with Crippen molar-refractivity contribution in [2.24, 2.45) is 0 Å². The molecule has 0 saturated carbocycles. The highest BCUT2D eigenvalue weighted by atomic mass is 35.5. The van der Waals surface area contributed by atoms with E-state index in [0.717, 1.165) is 11.1 Å². The molecule has 0 spiro atoms. The van der Waals surface area contributed by atoms with Crippen molar-refractivity contribution in [3.05, 3.63) is 52.6 Å². The van der Waals surface area contributed by atoms with E-state index < -0.39 is 23.7 Å². The molecule has 0 unspecified atom stereocenters. The summed E-state index contributed by atoms with van der Waals surface area (Å²) in [5, 5.41) is 9.41. The highest BCUT2D eigenvalue weighted by Gasteiger charge is 2.21. The van der Waals surface area contributed by atoms with Crippen LogP contribution in [-0.2, 0) is 5.75 Å². The summed E-state index contributed by atoms with van der Waals surface area (Å²) >= 11 is 7.10. The number of halogens is 3. The number of rotatable bonds is 5. The maximum Gasteiger partial charge on any atom is 0.339 e. The molecule has 0 bridgehead atoms. The van der Waals surface area contributed by atoms with Crippen LogP contribution in [0.2, 0.25) is 5.02 Å². The smallest absolute Gasteiger partial charge is 0.339 e. The molecule has 1 aromatic carbocycles. The molecule has 4 nitrogen and oxygen atoms in total. The number of carbonyl (C=O) groups is 1. The largest absolute Gasteiger partial charge is 0.478 e. The molecule has 2 aromatic rings. The second kappa shape index (κ2) is 6.82. The maximum atomic E-state index is 12.8. The summed E-state index contributed by atoms with van der Waals surface area (Å²) < 4.78 is 25.6. The summed E-state index contributed by atoms with van der Waals surface area (Å²) in [6.45, 7) is 0. The number of alkyl halides is 2. The Hall–Kier alpha value is -1.73. The van der Waals surface area contributed by atoms with E-state index in [1.807, 2.05) is 0 Å². The molecule has 1 aromatic heterocycles. The maximum absolute atomic E-state index is 12.8. The summed E-state index contributed by atoms with van der Waals surface area (Å²) in [4.78, 5) is 19.1. The Morgan fingerprint density at radius 1 is 1.33 bits per heavy atom. The minimum atomic E-state index is -2.96. The molecule has 8 heteroatoms. The Balaban J connectivity index is 2.15. The lowest BCUT2D eigenvalue weighted by atomic mass is 10.2. The molecule has 0 amide bonds. The van der Waals surface area contributed by atoms with Crippen molar-refractivity contribution in [2.45, 2.75) is 17.1 Å². The molecular formula is C13H9ClF2N2O2S. The van der Waals surface area contributed by atoms with Crippen molar-refractivity contribution < 1.29 is 18.7 Å². The number of benzene rings is 1. The predicted molar refractivity (Wildman–Crippen MR) is 75.0 cm³/mol. The zero-order chi connectivity index (χ0) is 15.4. The number of aromatic carboxylic acids is 1. The van der Waals surface area contributed by atoms with Crippen LogP contribution in [0, 0.1) is 0 Å². The summed E-state index contributed by atoms with van der Waals surface area (Å²) in [7, 11) is 0. The van der Waals surface area contributed by atoms with E-state index >= 15 is 0 Å². The van der Waals surface area contributed by atoms with Crippen LogP contribution in [0.25, 0.3) is 0 Å². The van der Waals surface area contributed by atoms with E-state index in [2.05, 4.69) is 9.97 Å². The van der Waals surface area contributed by atoms with E-state index in [1.54, 1.807) is 24.3 Å². The topological polar surface area (TPSA) is 63.1 Å². The highest BCUT2D eigenvalue weighted by molar-refractivity contribution is 7.98. The first-order chi connectivity index (χ1) is 9.97. The van der Waals surface area contributed by atoms with Gasteiger partial charge in [-0.3, -0.25) is 0 Å². The second-order valence-electron chi connectivity index (χ2n) is 3.93. The van der Waals surface area contributed by atoms with E-state index in [-0.39, 0.29) is 11.6 Å². The minimum Gasteiger partial charge on any atom is -0.478 e. The molecule has 1 heterocycles. The van der Waals surface area contributed by atoms with Gasteiger partial charge in [-0.1, -0.05) is 11.6 Å². The van der Waals surface area contributed by atoms with Crippen LogP contribution in [0.15, 0.2) is 35.4 Å². The average Bonchev–Trinajstić information content (AvgIpc) is 2.46. The van der Waals surface area contributed by atoms with Gasteiger partial charge in [0.25, 0.3) is 6.43 Å². The standard InChI is InChI=1S/C13H9ClF2N2O2S/c14-7-1-3-8(4-2-7)21-6-10-17-5-9(13(19)20)11(18-10)12(15)16/h1-5,12H,6H2,(H,19,20). The molecule has 0 radical (unpaired) electrons. The first kappa shape index (κ1) is 15.7. The molecule has 0 fully saturated rings. The van der Waals surface area contributed by atoms with Gasteiger partial charge in [0.15, 0.2) is 0 Å². The van der Waals surface area contributed by atoms with Crippen molar-refractivity contribution >= 4 is 29.3 Å². The third-order valence-electron chi connectivity index (χ3n) is 2.49. The van der Waals surface area contributed by atoms with Gasteiger partial charge >= 0.3 is 5.97 Å². The number of thioether (sulfide) groups is 1. The van der Waals surface area contributed by atoms with Crippen LogP contribution in [0.1, 0.15) is 28.3 Å². The Morgan fingerprint density at radius 2 is 2.00 bits per heavy atom. The number of carboxylic acids is 1. The molecule has 0 aliphatic rings. The van der Waals surface area contributed by atoms with Gasteiger partial charge in [0, 0.05) is 16.1 Å². The Bertz CT molecular complexity index is 653. The fourth-order valence-corrected chi connectivity index (χ4v) is 2.40. The summed E-state index contributed by atoms with van der Waals surface area (Å²) in [5.74, 6) is -1.07. The molecule has 0 aliphatic carbocycles. The Labute approximate surface area is 128 Å². The lowest BCUT2D eigenvalue weighted by Gasteiger charge is -2.06. The molecule has 0 aliphatic heterocycles. The van der Waals surface area contributed by atoms with Crippen molar-refractivity contribution in [1.29, 1.82) is 0 Å². The van der Waals surface area contributed by atoms with Crippen LogP contribution in [-0.4, -0.2) is 21.0 Å². The molecule has 0 atom stereocenters. The van der Waals surface area contributed by atoms with Gasteiger partial charge in [-0.05, 0) is 24.3 Å². The van der Waals surface area contributed by atoms with Gasteiger partial charge in [0.05, 0.1) is 5.75 Å². The molecule has 1 N–H and O–H groups in total. The van der Waals surface area contributed by atoms with Crippen molar-refractivity contribution in [3.63, 3.8) is 0 Å². The molecule has 0 saturated heterocycles. The van der Waals surface area contributed by atoms with Gasteiger partial charge in [0.2, 0.25) is 0 Å². The quantitative estimate of drug-likeness (QED) is 0.838. The Morgan fingerprint density at radius 3 is 2.57 bits per heavy atom. The number of carboxylic acid groups (broad SMARTS) is 1. The molecule has 21 heavy (non-hydrogen) atoms. The zero-order valence-electron chi connectivity index (χ0n) is 10.5. The summed E-state index contributed by atoms with van der Waals surface area (Å²) in [6, 6.07) is 6.99. The monoisotopic (exact) mass is 330 g/mol. The van der Waals surface area contributed by atoms with Gasteiger partial charge in [-0.2, -0.15) is 0 Å². The number of hydrogen-bond donors (Lipinski definition) is 1. The van der Waals surface area contributed by atoms with Gasteiger partial charge in [-0.15, -0.1) is 11.8 Å². The number of aromatic nitrogens is 2.